The summed E-state index contributed by atoms with van der Waals surface area (Å²) in [6, 6.07) is 32.7. The first-order chi connectivity index (χ1) is 39.5. The normalized spacial score (nSPS) is 9.19. The average Bonchev–Trinajstić information content (AvgIpc) is 3.49. The molecule has 20 nitrogen and oxygen atoms in total. The number of carbonyl (C=O) groups excluding carboxylic acids is 7. The largest absolute Gasteiger partial charge is 1.00 e. The number of nitrogens with one attached hydrogen (secondary N) is 5. The summed E-state index contributed by atoms with van der Waals surface area (Å²) < 4.78 is 4.85. The van der Waals surface area contributed by atoms with Gasteiger partial charge in [0, 0.05) is 12.2 Å². The van der Waals surface area contributed by atoms with Crippen LogP contribution >= 0.6 is 0 Å². The quantitative estimate of drug-likeness (QED) is 0.0275. The van der Waals surface area contributed by atoms with Crippen LogP contribution in [-0.2, 0) is 44.8 Å². The summed E-state index contributed by atoms with van der Waals surface area (Å²) in [7, 11) is 3.09. The van der Waals surface area contributed by atoms with E-state index in [1.54, 1.807) is 72.5 Å². The van der Waals surface area contributed by atoms with Crippen LogP contribution in [0.25, 0.3) is 11.1 Å². The zero-order valence-electron chi connectivity index (χ0n) is 54.3. The summed E-state index contributed by atoms with van der Waals surface area (Å²) in [4.78, 5) is 89.0. The summed E-state index contributed by atoms with van der Waals surface area (Å²) in [5.74, 6) is -2.35. The van der Waals surface area contributed by atoms with Gasteiger partial charge >= 0.3 is 63.4 Å². The fourth-order valence-electron chi connectivity index (χ4n) is 5.01. The first-order valence-corrected chi connectivity index (χ1v) is 29.5. The van der Waals surface area contributed by atoms with Gasteiger partial charge in [0.1, 0.15) is 24.1 Å². The second-order valence-electron chi connectivity index (χ2n) is 16.9. The number of benzene rings is 4. The molecule has 0 saturated heterocycles. The molecule has 0 spiro atoms. The number of phenolic OH excluding ortho intramolecular Hbond substituents is 1. The number of hydrogen-bond donors (Lipinski definition) is 11. The van der Waals surface area contributed by atoms with Crippen LogP contribution in [0.3, 0.4) is 0 Å². The van der Waals surface area contributed by atoms with Crippen molar-refractivity contribution < 1.29 is 82.9 Å². The number of amides is 5. The van der Waals surface area contributed by atoms with Gasteiger partial charge in [0.05, 0.1) is 19.6 Å². The summed E-state index contributed by atoms with van der Waals surface area (Å²) >= 11 is 1.75. The molecule has 1 unspecified atom stereocenters. The fraction of sp³-hybridized carbons (Fsp3) is 0.444. The van der Waals surface area contributed by atoms with E-state index in [0.29, 0.717) is 17.7 Å². The molecule has 15 N–H and O–H groups in total. The number of aliphatic carboxylic acids is 1. The Labute approximate surface area is 547 Å². The number of hydrogen-bond acceptors (Lipinski definition) is 14. The van der Waals surface area contributed by atoms with Gasteiger partial charge in [-0.25, -0.2) is 4.79 Å². The van der Waals surface area contributed by atoms with Crippen molar-refractivity contribution >= 4 is 71.6 Å². The van der Waals surface area contributed by atoms with Gasteiger partial charge in [-0.2, -0.15) is 18.2 Å². The van der Waals surface area contributed by atoms with Gasteiger partial charge in [0.25, 0.3) is 0 Å². The maximum atomic E-state index is 12.7. The Hall–Kier alpha value is -5.96. The van der Waals surface area contributed by atoms with Crippen LogP contribution in [0.2, 0.25) is 4.87 Å². The van der Waals surface area contributed by atoms with Gasteiger partial charge in [-0.15, -0.1) is 18.7 Å². The van der Waals surface area contributed by atoms with E-state index in [0.717, 1.165) is 31.7 Å². The van der Waals surface area contributed by atoms with Crippen molar-refractivity contribution in [3.63, 3.8) is 0 Å². The summed E-state index contributed by atoms with van der Waals surface area (Å²) in [6.07, 6.45) is 4.04. The molecule has 4 aromatic rings. The minimum absolute atomic E-state index is 0. The average molecular weight is 1310 g/mol. The predicted molar refractivity (Wildman–Crippen MR) is 348 cm³/mol. The van der Waals surface area contributed by atoms with E-state index in [1.807, 2.05) is 47.6 Å². The molecule has 0 heterocycles. The molecule has 478 valence electrons. The number of carbonyl (C=O) groups is 7. The first kappa shape index (κ1) is 101. The number of primary amides is 1. The van der Waals surface area contributed by atoms with Crippen molar-refractivity contribution in [2.45, 2.75) is 119 Å². The summed E-state index contributed by atoms with van der Waals surface area (Å²) in [5, 5.41) is 30.3. The molecular formula is C63H107N9NaO11Sb-2. The molecule has 0 aliphatic heterocycles. The number of ether oxygens (including phenoxy) is 1. The Morgan fingerprint density at radius 3 is 1.52 bits per heavy atom. The third-order valence-electron chi connectivity index (χ3n) is 8.08. The van der Waals surface area contributed by atoms with Crippen molar-refractivity contribution in [3.05, 3.63) is 140 Å². The fourth-order valence-corrected chi connectivity index (χ4v) is 5.01. The van der Waals surface area contributed by atoms with Crippen molar-refractivity contribution in [3.8, 4) is 22.6 Å². The van der Waals surface area contributed by atoms with E-state index in [1.165, 1.54) is 42.8 Å². The smallest absolute Gasteiger partial charge is 1.00 e. The van der Waals surface area contributed by atoms with Crippen molar-refractivity contribution in [2.75, 3.05) is 53.4 Å². The zero-order chi connectivity index (χ0) is 66.0. The van der Waals surface area contributed by atoms with Gasteiger partial charge in [-0.05, 0) is 101 Å². The number of carboxylic acids is 1. The third-order valence-corrected chi connectivity index (χ3v) is 8.08. The topological polar surface area (TPSA) is 350 Å². The molecule has 22 heteroatoms. The van der Waals surface area contributed by atoms with E-state index >= 15 is 0 Å². The Morgan fingerprint density at radius 2 is 1.13 bits per heavy atom. The number of allylic oxidation sites excluding steroid dienone is 1. The van der Waals surface area contributed by atoms with Crippen LogP contribution in [0.1, 0.15) is 100 Å². The molecule has 2 atom stereocenters. The van der Waals surface area contributed by atoms with Gasteiger partial charge in [-0.1, -0.05) is 141 Å². The summed E-state index contributed by atoms with van der Waals surface area (Å²) in [5.41, 5.74) is 24.0. The second-order valence-corrected chi connectivity index (χ2v) is 16.9. The number of rotatable bonds is 19. The van der Waals surface area contributed by atoms with E-state index in [-0.39, 0.29) is 74.8 Å². The predicted octanol–water partition coefficient (Wildman–Crippen LogP) is 3.86. The van der Waals surface area contributed by atoms with Crippen molar-refractivity contribution in [1.29, 1.82) is 0 Å². The maximum Gasteiger partial charge on any atom is 1.00 e. The van der Waals surface area contributed by atoms with Crippen LogP contribution in [0, 0.1) is 32.3 Å². The minimum atomic E-state index is -0.974. The number of aldehydes is 1. The molecule has 2 radical (unpaired) electrons. The van der Waals surface area contributed by atoms with Crippen LogP contribution in [-0.4, -0.2) is 147 Å². The number of phenols is 1. The van der Waals surface area contributed by atoms with Crippen LogP contribution in [0.15, 0.2) is 116 Å². The molecule has 4 aromatic carbocycles. The summed E-state index contributed by atoms with van der Waals surface area (Å²) in [6.45, 7) is 30.7. The molecule has 4 rings (SSSR count). The van der Waals surface area contributed by atoms with Gasteiger partial charge in [0.15, 0.2) is 6.61 Å². The van der Waals surface area contributed by atoms with Gasteiger partial charge in [0.2, 0.25) is 29.5 Å². The van der Waals surface area contributed by atoms with Crippen LogP contribution in [0.5, 0.6) is 11.5 Å². The Balaban J connectivity index is -0.000000113. The molecule has 0 saturated carbocycles. The monoisotopic (exact) mass is 1310 g/mol. The SMILES string of the molecule is C=CC.CC.CC(C)C.CC=O.CCCN.CCN.CN.CNCC(=O)N[C@@H](Cc1ccc(O)cc1)C(=O)NCC(=O)NC(CC(C)C)C(=O)NCC(N)=O.Cc1ccc(-c2ccccc2)cc1.O=C(O)COc1cc[c-]cc1.[CH-]=O.[CH3-].[CH3][Sb].[Na+]. The molecule has 0 aromatic heterocycles. The molecule has 0 fully saturated rings. The van der Waals surface area contributed by atoms with E-state index < -0.39 is 54.1 Å². The van der Waals surface area contributed by atoms with Crippen molar-refractivity contribution in [2.24, 2.45) is 34.8 Å². The molecule has 0 aliphatic carbocycles. The van der Waals surface area contributed by atoms with Crippen LogP contribution < -0.4 is 83.8 Å². The van der Waals surface area contributed by atoms with Crippen LogP contribution in [0.4, 0.5) is 0 Å². The Bertz CT molecular complexity index is 2120. The van der Waals surface area contributed by atoms with E-state index in [4.69, 9.17) is 36.6 Å². The number of aryl methyl sites for hydroxylation is 1. The van der Waals surface area contributed by atoms with E-state index in [2.05, 4.69) is 140 Å². The number of nitrogens with two attached hydrogens (primary N) is 4. The molecule has 0 aliphatic rings. The van der Waals surface area contributed by atoms with Gasteiger partial charge < -0.3 is 81.5 Å². The van der Waals surface area contributed by atoms with Crippen molar-refractivity contribution in [1.82, 2.24) is 26.6 Å². The third kappa shape index (κ3) is 76.0. The maximum absolute atomic E-state index is 12.7. The second kappa shape index (κ2) is 78.0. The standard InChI is InChI=1S/C22H34N6O6.C13H12.C8H7O3.C4H10.C3H9N.C3H6.C2H7N.C2H4O.C2H6.CH5N.CHO.2CH3.Na.Sb/c1-13(2)8-16(21(33)25-10-18(23)30)27-20(32)12-26-22(34)17(28-19(31)11-24-3)9-14-4-6-15(29)7-5-14;1-11-7-9-13(10-8-11)12-5-3-2-4-6-12;9-8(10)6-11-7-4-2-1-3-5-7;1-4(2)3;1-2-3-4;1-3-2;2*1-2-3;3*1-2;;;;/h4-7,13,16-17,24,29H,8-12H2,1-3H3,(H2,23,30)(H,25,33)(H,26,34)(H,27,32)(H,28,31);2-10H,1H3;2-5H,6H2,(H,9,10);4H,1-3H3;2-4H2,1H3;3H,1H2,2H3;2-3H2,1H3;2H,1H3;1-2H3;2H2,1H3;1H;2*1H3;;/q;;-1;;;;;;;;-1;;-1;+1;/t16?,17-;;;;;;;;;;;;;;/m0............../s1. The number of carboxylic acid groups (broad SMARTS) is 1. The minimum Gasteiger partial charge on any atom is 1.00 e. The molecule has 85 heavy (non-hydrogen) atoms. The number of aromatic hydroxyl groups is 1. The first-order valence-electron chi connectivity index (χ1n) is 27.0. The van der Waals surface area contributed by atoms with Gasteiger partial charge in [-0.3, -0.25) is 30.8 Å². The zero-order valence-corrected chi connectivity index (χ0v) is 58.8. The molecule has 0 bridgehead atoms. The molecular weight excluding hydrogens is 1200 g/mol. The Kier molecular flexibility index (Phi) is 92.7. The molecule has 5 amide bonds. The number of likely N-dealkylation sites (N-methyl/N-ethyl adjacent to an activating group) is 1. The van der Waals surface area contributed by atoms with E-state index in [9.17, 15) is 33.9 Å². The Morgan fingerprint density at radius 1 is 0.741 bits per heavy atom.